The van der Waals surface area contributed by atoms with E-state index in [1.807, 2.05) is 11.3 Å². The number of aromatic nitrogens is 1. The fourth-order valence-corrected chi connectivity index (χ4v) is 4.59. The van der Waals surface area contributed by atoms with Gasteiger partial charge in [0.15, 0.2) is 5.13 Å². The van der Waals surface area contributed by atoms with Gasteiger partial charge >= 0.3 is 0 Å². The maximum Gasteiger partial charge on any atom is 0.185 e. The first kappa shape index (κ1) is 14.3. The summed E-state index contributed by atoms with van der Waals surface area (Å²) >= 11 is 1.90. The van der Waals surface area contributed by atoms with E-state index in [9.17, 15) is 0 Å². The third-order valence-corrected chi connectivity index (χ3v) is 6.02. The summed E-state index contributed by atoms with van der Waals surface area (Å²) in [6, 6.07) is 1.16. The van der Waals surface area contributed by atoms with Crippen molar-refractivity contribution in [1.82, 2.24) is 15.2 Å². The van der Waals surface area contributed by atoms with Gasteiger partial charge < -0.3 is 15.1 Å². The van der Waals surface area contributed by atoms with Crippen LogP contribution in [0.15, 0.2) is 0 Å². The Kier molecular flexibility index (Phi) is 4.29. The molecule has 3 rings (SSSR count). The third-order valence-electron chi connectivity index (χ3n) is 4.77. The molecule has 0 amide bonds. The van der Waals surface area contributed by atoms with Crippen LogP contribution in [-0.4, -0.2) is 50.2 Å². The minimum atomic E-state index is 0.464. The van der Waals surface area contributed by atoms with Crippen molar-refractivity contribution in [1.29, 1.82) is 0 Å². The van der Waals surface area contributed by atoms with Gasteiger partial charge in [-0.2, -0.15) is 0 Å². The molecule has 2 heterocycles. The molecule has 2 atom stereocenters. The summed E-state index contributed by atoms with van der Waals surface area (Å²) in [4.78, 5) is 11.3. The van der Waals surface area contributed by atoms with Gasteiger partial charge in [0.25, 0.3) is 0 Å². The minimum Gasteiger partial charge on any atom is -0.350 e. The summed E-state index contributed by atoms with van der Waals surface area (Å²) in [5.74, 6) is 0. The highest BCUT2D eigenvalue weighted by Gasteiger charge is 2.27. The van der Waals surface area contributed by atoms with Crippen molar-refractivity contribution in [2.75, 3.05) is 39.1 Å². The summed E-state index contributed by atoms with van der Waals surface area (Å²) in [6.07, 6.45) is 6.38. The fraction of sp³-hybridized carbons (Fsp3) is 0.800. The zero-order valence-electron chi connectivity index (χ0n) is 12.9. The number of fused-ring (bicyclic) bond motifs is 1. The molecular formula is C15H26N4S. The van der Waals surface area contributed by atoms with E-state index in [4.69, 9.17) is 4.98 Å². The van der Waals surface area contributed by atoms with Gasteiger partial charge in [0.05, 0.1) is 11.7 Å². The summed E-state index contributed by atoms with van der Waals surface area (Å²) < 4.78 is 0. The number of likely N-dealkylation sites (tertiary alicyclic amines) is 1. The monoisotopic (exact) mass is 294 g/mol. The van der Waals surface area contributed by atoms with Crippen LogP contribution in [-0.2, 0) is 6.42 Å². The van der Waals surface area contributed by atoms with Crippen LogP contribution in [0.1, 0.15) is 42.3 Å². The zero-order chi connectivity index (χ0) is 14.1. The lowest BCUT2D eigenvalue weighted by molar-refractivity contribution is 0.314. The first-order chi connectivity index (χ1) is 9.69. The third kappa shape index (κ3) is 2.71. The first-order valence-electron chi connectivity index (χ1n) is 7.77. The standard InChI is InChI=1S/C15H26N4S/c1-16-12-7-4-8-13-14(12)17-15(20-13)19(3)10-11-6-5-9-18(11)2/h11-12,16H,4-10H2,1-3H3. The number of nitrogens with one attached hydrogen (secondary N) is 1. The molecular weight excluding hydrogens is 268 g/mol. The van der Waals surface area contributed by atoms with E-state index in [2.05, 4.69) is 36.3 Å². The topological polar surface area (TPSA) is 31.4 Å². The normalized spacial score (nSPS) is 26.8. The Labute approximate surface area is 126 Å². The van der Waals surface area contributed by atoms with E-state index in [0.29, 0.717) is 12.1 Å². The van der Waals surface area contributed by atoms with Gasteiger partial charge in [0.2, 0.25) is 0 Å². The summed E-state index contributed by atoms with van der Waals surface area (Å²) in [7, 11) is 6.50. The first-order valence-corrected chi connectivity index (χ1v) is 8.59. The van der Waals surface area contributed by atoms with Crippen molar-refractivity contribution >= 4 is 16.5 Å². The molecule has 0 aromatic carbocycles. The Hall–Kier alpha value is -0.650. The second-order valence-electron chi connectivity index (χ2n) is 6.20. The highest BCUT2D eigenvalue weighted by atomic mass is 32.1. The highest BCUT2D eigenvalue weighted by molar-refractivity contribution is 7.15. The van der Waals surface area contributed by atoms with E-state index in [0.717, 1.165) is 6.54 Å². The van der Waals surface area contributed by atoms with Crippen molar-refractivity contribution < 1.29 is 0 Å². The second kappa shape index (κ2) is 6.00. The van der Waals surface area contributed by atoms with Gasteiger partial charge in [-0.1, -0.05) is 0 Å². The predicted octanol–water partition coefficient (Wildman–Crippen LogP) is 2.27. The molecule has 1 N–H and O–H groups in total. The van der Waals surface area contributed by atoms with Crippen molar-refractivity contribution in [2.24, 2.45) is 0 Å². The number of thiazole rings is 1. The minimum absolute atomic E-state index is 0.464. The molecule has 0 radical (unpaired) electrons. The molecule has 112 valence electrons. The lowest BCUT2D eigenvalue weighted by Crippen LogP contribution is -2.36. The number of anilines is 1. The zero-order valence-corrected chi connectivity index (χ0v) is 13.7. The molecule has 0 saturated carbocycles. The van der Waals surface area contributed by atoms with Gasteiger partial charge in [-0.15, -0.1) is 11.3 Å². The summed E-state index contributed by atoms with van der Waals surface area (Å²) in [6.45, 7) is 2.35. The molecule has 2 aliphatic rings. The van der Waals surface area contributed by atoms with Gasteiger partial charge in [-0.25, -0.2) is 4.98 Å². The van der Waals surface area contributed by atoms with Gasteiger partial charge in [0.1, 0.15) is 0 Å². The molecule has 1 fully saturated rings. The highest BCUT2D eigenvalue weighted by Crippen LogP contribution is 2.36. The van der Waals surface area contributed by atoms with Gasteiger partial charge in [0, 0.05) is 24.5 Å². The molecule has 1 saturated heterocycles. The molecule has 0 spiro atoms. The number of nitrogens with zero attached hydrogens (tertiary/aromatic N) is 3. The van der Waals surface area contributed by atoms with Gasteiger partial charge in [-0.3, -0.25) is 0 Å². The van der Waals surface area contributed by atoms with Crippen LogP contribution < -0.4 is 10.2 Å². The van der Waals surface area contributed by atoms with E-state index < -0.39 is 0 Å². The predicted molar refractivity (Wildman–Crippen MR) is 85.8 cm³/mol. The maximum atomic E-state index is 4.93. The average Bonchev–Trinajstić information content (AvgIpc) is 3.05. The SMILES string of the molecule is CNC1CCCc2sc(N(C)CC3CCCN3C)nc21. The average molecular weight is 294 g/mol. The van der Waals surface area contributed by atoms with Gasteiger partial charge in [-0.05, 0) is 52.7 Å². The van der Waals surface area contributed by atoms with E-state index in [1.54, 1.807) is 0 Å². The molecule has 1 aliphatic carbocycles. The lowest BCUT2D eigenvalue weighted by Gasteiger charge is -2.25. The Morgan fingerprint density at radius 3 is 2.95 bits per heavy atom. The quantitative estimate of drug-likeness (QED) is 0.923. The van der Waals surface area contributed by atoms with Crippen LogP contribution in [0.4, 0.5) is 5.13 Å². The molecule has 5 heteroatoms. The molecule has 1 aromatic heterocycles. The Bertz CT molecular complexity index is 459. The van der Waals surface area contributed by atoms with E-state index in [1.165, 1.54) is 54.4 Å². The van der Waals surface area contributed by atoms with Crippen molar-refractivity contribution in [3.8, 4) is 0 Å². The largest absolute Gasteiger partial charge is 0.350 e. The van der Waals surface area contributed by atoms with Crippen molar-refractivity contribution in [3.63, 3.8) is 0 Å². The Balaban J connectivity index is 1.72. The van der Waals surface area contributed by atoms with Crippen molar-refractivity contribution in [3.05, 3.63) is 10.6 Å². The molecule has 0 bridgehead atoms. The summed E-state index contributed by atoms with van der Waals surface area (Å²) in [5, 5.41) is 4.62. The molecule has 1 aromatic rings. The summed E-state index contributed by atoms with van der Waals surface area (Å²) in [5.41, 5.74) is 1.31. The number of likely N-dealkylation sites (N-methyl/N-ethyl adjacent to an activating group) is 2. The van der Waals surface area contributed by atoms with Crippen LogP contribution in [0.2, 0.25) is 0 Å². The second-order valence-corrected chi connectivity index (χ2v) is 7.26. The van der Waals surface area contributed by atoms with Crippen LogP contribution in [0, 0.1) is 0 Å². The number of hydrogen-bond donors (Lipinski definition) is 1. The molecule has 4 nitrogen and oxygen atoms in total. The van der Waals surface area contributed by atoms with E-state index >= 15 is 0 Å². The van der Waals surface area contributed by atoms with Crippen LogP contribution >= 0.6 is 11.3 Å². The molecule has 20 heavy (non-hydrogen) atoms. The lowest BCUT2D eigenvalue weighted by atomic mass is 9.98. The maximum absolute atomic E-state index is 4.93. The fourth-order valence-electron chi connectivity index (χ4n) is 3.45. The number of rotatable bonds is 4. The Morgan fingerprint density at radius 1 is 1.40 bits per heavy atom. The smallest absolute Gasteiger partial charge is 0.185 e. The van der Waals surface area contributed by atoms with E-state index in [-0.39, 0.29) is 0 Å². The van der Waals surface area contributed by atoms with Crippen LogP contribution in [0.3, 0.4) is 0 Å². The molecule has 1 aliphatic heterocycles. The Morgan fingerprint density at radius 2 is 2.25 bits per heavy atom. The number of hydrogen-bond acceptors (Lipinski definition) is 5. The van der Waals surface area contributed by atoms with Crippen LogP contribution in [0.5, 0.6) is 0 Å². The van der Waals surface area contributed by atoms with Crippen LogP contribution in [0.25, 0.3) is 0 Å². The van der Waals surface area contributed by atoms with Crippen molar-refractivity contribution in [2.45, 2.75) is 44.2 Å². The number of aryl methyl sites for hydroxylation is 1. The molecule has 2 unspecified atom stereocenters.